The van der Waals surface area contributed by atoms with Crippen LogP contribution in [-0.2, 0) is 10.0 Å². The van der Waals surface area contributed by atoms with E-state index in [0.717, 1.165) is 12.1 Å². The molecule has 0 radical (unpaired) electrons. The van der Waals surface area contributed by atoms with E-state index in [9.17, 15) is 22.9 Å². The molecular formula is C11H13FN2O4S. The average molecular weight is 288 g/mol. The number of sulfonamides is 1. The van der Waals surface area contributed by atoms with Gasteiger partial charge < -0.3 is 0 Å². The van der Waals surface area contributed by atoms with Gasteiger partial charge in [-0.05, 0) is 19.4 Å². The van der Waals surface area contributed by atoms with Gasteiger partial charge in [0, 0.05) is 18.2 Å². The lowest BCUT2D eigenvalue weighted by molar-refractivity contribution is -0.387. The molecule has 19 heavy (non-hydrogen) atoms. The molecule has 0 aromatic heterocycles. The summed E-state index contributed by atoms with van der Waals surface area (Å²) in [6, 6.07) is 2.04. The summed E-state index contributed by atoms with van der Waals surface area (Å²) in [5.41, 5.74) is -0.766. The van der Waals surface area contributed by atoms with Crippen LogP contribution in [0.25, 0.3) is 0 Å². The SMILES string of the molecule is C=CCC(C)NS(=O)(=O)c1ccc([N+](=O)[O-])c(F)c1. The number of hydrogen-bond acceptors (Lipinski definition) is 4. The van der Waals surface area contributed by atoms with Crippen molar-refractivity contribution in [2.24, 2.45) is 0 Å². The van der Waals surface area contributed by atoms with E-state index in [1.54, 1.807) is 13.0 Å². The van der Waals surface area contributed by atoms with Crippen LogP contribution in [0.5, 0.6) is 0 Å². The van der Waals surface area contributed by atoms with E-state index < -0.39 is 32.5 Å². The number of nitrogens with one attached hydrogen (secondary N) is 1. The number of rotatable bonds is 6. The van der Waals surface area contributed by atoms with Crippen molar-refractivity contribution in [1.82, 2.24) is 4.72 Å². The summed E-state index contributed by atoms with van der Waals surface area (Å²) < 4.78 is 39.4. The van der Waals surface area contributed by atoms with E-state index >= 15 is 0 Å². The first kappa shape index (κ1) is 15.3. The van der Waals surface area contributed by atoms with Crippen LogP contribution in [0.2, 0.25) is 0 Å². The fourth-order valence-electron chi connectivity index (χ4n) is 1.43. The van der Waals surface area contributed by atoms with Crippen LogP contribution in [0.3, 0.4) is 0 Å². The minimum absolute atomic E-state index is 0.355. The third-order valence-corrected chi connectivity index (χ3v) is 3.89. The molecule has 1 aromatic carbocycles. The second-order valence-corrected chi connectivity index (χ2v) is 5.63. The van der Waals surface area contributed by atoms with Gasteiger partial charge in [0.15, 0.2) is 0 Å². The van der Waals surface area contributed by atoms with Crippen LogP contribution in [0.15, 0.2) is 35.7 Å². The van der Waals surface area contributed by atoms with Crippen LogP contribution in [0.1, 0.15) is 13.3 Å². The Hall–Kier alpha value is -1.80. The van der Waals surface area contributed by atoms with Crippen molar-refractivity contribution in [3.8, 4) is 0 Å². The molecule has 0 fully saturated rings. The van der Waals surface area contributed by atoms with E-state index in [1.165, 1.54) is 0 Å². The molecule has 1 N–H and O–H groups in total. The molecule has 6 nitrogen and oxygen atoms in total. The molecule has 1 rings (SSSR count). The molecule has 0 saturated heterocycles. The molecule has 0 aliphatic rings. The van der Waals surface area contributed by atoms with Gasteiger partial charge in [0.05, 0.1) is 9.82 Å². The van der Waals surface area contributed by atoms with Crippen LogP contribution in [0, 0.1) is 15.9 Å². The van der Waals surface area contributed by atoms with Gasteiger partial charge in [-0.15, -0.1) is 6.58 Å². The highest BCUT2D eigenvalue weighted by atomic mass is 32.2. The Morgan fingerprint density at radius 2 is 2.21 bits per heavy atom. The number of benzene rings is 1. The van der Waals surface area contributed by atoms with Gasteiger partial charge in [-0.3, -0.25) is 10.1 Å². The van der Waals surface area contributed by atoms with Crippen LogP contribution >= 0.6 is 0 Å². The van der Waals surface area contributed by atoms with Crippen molar-refractivity contribution >= 4 is 15.7 Å². The summed E-state index contributed by atoms with van der Waals surface area (Å²) in [4.78, 5) is 9.16. The Morgan fingerprint density at radius 1 is 1.58 bits per heavy atom. The molecule has 104 valence electrons. The molecule has 8 heteroatoms. The average Bonchev–Trinajstić information content (AvgIpc) is 2.27. The van der Waals surface area contributed by atoms with Crippen LogP contribution < -0.4 is 4.72 Å². The van der Waals surface area contributed by atoms with Gasteiger partial charge in [0.1, 0.15) is 0 Å². The summed E-state index contributed by atoms with van der Waals surface area (Å²) in [5.74, 6) is -1.19. The highest BCUT2D eigenvalue weighted by Gasteiger charge is 2.21. The van der Waals surface area contributed by atoms with Gasteiger partial charge in [-0.25, -0.2) is 13.1 Å². The summed E-state index contributed by atoms with van der Waals surface area (Å²) in [6.45, 7) is 5.10. The van der Waals surface area contributed by atoms with E-state index in [4.69, 9.17) is 0 Å². The second-order valence-electron chi connectivity index (χ2n) is 3.92. The first-order chi connectivity index (χ1) is 8.77. The molecule has 1 unspecified atom stereocenters. The van der Waals surface area contributed by atoms with Gasteiger partial charge in [-0.2, -0.15) is 4.39 Å². The monoisotopic (exact) mass is 288 g/mol. The fourth-order valence-corrected chi connectivity index (χ4v) is 2.70. The summed E-state index contributed by atoms with van der Waals surface area (Å²) >= 11 is 0. The zero-order valence-corrected chi connectivity index (χ0v) is 11.0. The Balaban J connectivity index is 3.06. The molecule has 0 aliphatic heterocycles. The maximum absolute atomic E-state index is 13.4. The Bertz CT molecular complexity index is 601. The molecule has 0 heterocycles. The maximum atomic E-state index is 13.4. The van der Waals surface area contributed by atoms with Crippen LogP contribution in [0.4, 0.5) is 10.1 Å². The van der Waals surface area contributed by atoms with Gasteiger partial charge >= 0.3 is 5.69 Å². The number of halogens is 1. The maximum Gasteiger partial charge on any atom is 0.304 e. The van der Waals surface area contributed by atoms with Gasteiger partial charge in [0.25, 0.3) is 0 Å². The number of nitro benzene ring substituents is 1. The molecule has 0 spiro atoms. The Labute approximate surface area is 110 Å². The summed E-state index contributed by atoms with van der Waals surface area (Å²) in [6.07, 6.45) is 1.96. The number of nitrogens with zero attached hydrogens (tertiary/aromatic N) is 1. The molecule has 0 aliphatic carbocycles. The van der Waals surface area contributed by atoms with E-state index in [1.807, 2.05) is 0 Å². The predicted octanol–water partition coefficient (Wildman–Crippen LogP) is 1.98. The van der Waals surface area contributed by atoms with Gasteiger partial charge in [0.2, 0.25) is 15.8 Å². The standard InChI is InChI=1S/C11H13FN2O4S/c1-3-4-8(2)13-19(17,18)9-5-6-11(14(15)16)10(12)7-9/h3,5-8,13H,1,4H2,2H3. The third-order valence-electron chi connectivity index (χ3n) is 2.30. The molecule has 0 saturated carbocycles. The Morgan fingerprint density at radius 3 is 2.68 bits per heavy atom. The molecular weight excluding hydrogens is 275 g/mol. The topological polar surface area (TPSA) is 89.3 Å². The number of hydrogen-bond donors (Lipinski definition) is 1. The summed E-state index contributed by atoms with van der Waals surface area (Å²) in [7, 11) is -3.91. The van der Waals surface area contributed by atoms with Gasteiger partial charge in [-0.1, -0.05) is 6.08 Å². The second kappa shape index (κ2) is 5.89. The zero-order chi connectivity index (χ0) is 14.6. The largest absolute Gasteiger partial charge is 0.304 e. The van der Waals surface area contributed by atoms with E-state index in [0.29, 0.717) is 12.5 Å². The van der Waals surface area contributed by atoms with Crippen molar-refractivity contribution < 1.29 is 17.7 Å². The first-order valence-corrected chi connectivity index (χ1v) is 6.83. The highest BCUT2D eigenvalue weighted by molar-refractivity contribution is 7.89. The normalized spacial score (nSPS) is 12.9. The lowest BCUT2D eigenvalue weighted by Gasteiger charge is -2.12. The lowest BCUT2D eigenvalue weighted by Crippen LogP contribution is -2.32. The van der Waals surface area contributed by atoms with Crippen molar-refractivity contribution in [3.05, 3.63) is 46.8 Å². The molecule has 1 aromatic rings. The minimum atomic E-state index is -3.91. The fraction of sp³-hybridized carbons (Fsp3) is 0.273. The number of nitro groups is 1. The quantitative estimate of drug-likeness (QED) is 0.492. The Kier molecular flexibility index (Phi) is 4.73. The summed E-state index contributed by atoms with van der Waals surface area (Å²) in [5, 5.41) is 10.4. The first-order valence-electron chi connectivity index (χ1n) is 5.35. The smallest absolute Gasteiger partial charge is 0.258 e. The highest BCUT2D eigenvalue weighted by Crippen LogP contribution is 2.20. The van der Waals surface area contributed by atoms with Crippen molar-refractivity contribution in [2.75, 3.05) is 0 Å². The van der Waals surface area contributed by atoms with Crippen LogP contribution in [-0.4, -0.2) is 19.4 Å². The molecule has 0 bridgehead atoms. The molecule has 0 amide bonds. The third kappa shape index (κ3) is 3.83. The van der Waals surface area contributed by atoms with E-state index in [2.05, 4.69) is 11.3 Å². The molecule has 1 atom stereocenters. The van der Waals surface area contributed by atoms with Crippen molar-refractivity contribution in [1.29, 1.82) is 0 Å². The minimum Gasteiger partial charge on any atom is -0.258 e. The lowest BCUT2D eigenvalue weighted by atomic mass is 10.3. The van der Waals surface area contributed by atoms with Crippen molar-refractivity contribution in [3.63, 3.8) is 0 Å². The predicted molar refractivity (Wildman–Crippen MR) is 67.7 cm³/mol. The van der Waals surface area contributed by atoms with Crippen molar-refractivity contribution in [2.45, 2.75) is 24.3 Å². The van der Waals surface area contributed by atoms with E-state index in [-0.39, 0.29) is 4.90 Å². The zero-order valence-electron chi connectivity index (χ0n) is 10.2.